The molecule has 26 heavy (non-hydrogen) atoms. The molecule has 1 heterocycles. The minimum Gasteiger partial charge on any atom is -0.473 e. The lowest BCUT2D eigenvalue weighted by atomic mass is 10.1. The minimum atomic E-state index is -0.295. The van der Waals surface area contributed by atoms with E-state index in [9.17, 15) is 4.79 Å². The molecule has 6 nitrogen and oxygen atoms in total. The number of carbonyl (C=O) groups is 1. The van der Waals surface area contributed by atoms with E-state index in [2.05, 4.69) is 15.5 Å². The van der Waals surface area contributed by atoms with Gasteiger partial charge in [-0.2, -0.15) is 0 Å². The van der Waals surface area contributed by atoms with Crippen LogP contribution in [0.4, 0.5) is 16.2 Å². The van der Waals surface area contributed by atoms with Crippen LogP contribution >= 0.6 is 0 Å². The summed E-state index contributed by atoms with van der Waals surface area (Å²) in [7, 11) is 0. The maximum absolute atomic E-state index is 12.2. The van der Waals surface area contributed by atoms with E-state index in [0.29, 0.717) is 13.2 Å². The summed E-state index contributed by atoms with van der Waals surface area (Å²) in [5.74, 6) is 0.777. The van der Waals surface area contributed by atoms with E-state index >= 15 is 0 Å². The Morgan fingerprint density at radius 1 is 1.12 bits per heavy atom. The lowest BCUT2D eigenvalue weighted by Gasteiger charge is -2.30. The average molecular weight is 355 g/mol. The van der Waals surface area contributed by atoms with E-state index in [1.807, 2.05) is 56.3 Å². The molecule has 0 spiro atoms. The zero-order valence-electron chi connectivity index (χ0n) is 15.2. The highest BCUT2D eigenvalue weighted by molar-refractivity contribution is 5.93. The molecule has 0 saturated carbocycles. The first-order chi connectivity index (χ1) is 12.6. The molecular formula is C20H25N3O3. The number of rotatable bonds is 5. The number of aryl methyl sites for hydroxylation is 1. The number of nitrogens with one attached hydrogen (secondary N) is 2. The molecular weight excluding hydrogens is 330 g/mol. The highest BCUT2D eigenvalue weighted by Gasteiger charge is 2.15. The second kappa shape index (κ2) is 8.58. The van der Waals surface area contributed by atoms with Crippen LogP contribution in [0.2, 0.25) is 0 Å². The third-order valence-electron chi connectivity index (χ3n) is 4.52. The lowest BCUT2D eigenvalue weighted by Crippen LogP contribution is -2.37. The molecule has 1 aliphatic rings. The van der Waals surface area contributed by atoms with Gasteiger partial charge in [-0.15, -0.1) is 0 Å². The number of carbonyl (C=O) groups excluding carboxylic acids is 1. The number of urea groups is 1. The van der Waals surface area contributed by atoms with Gasteiger partial charge in [-0.1, -0.05) is 24.3 Å². The third kappa shape index (κ3) is 4.46. The number of hydrogen-bond donors (Lipinski definition) is 2. The number of hydrogen-bond acceptors (Lipinski definition) is 4. The van der Waals surface area contributed by atoms with Gasteiger partial charge in [0.2, 0.25) is 0 Å². The largest absolute Gasteiger partial charge is 0.473 e. The Bertz CT molecular complexity index is 758. The fourth-order valence-electron chi connectivity index (χ4n) is 2.89. The van der Waals surface area contributed by atoms with E-state index in [-0.39, 0.29) is 12.8 Å². The van der Waals surface area contributed by atoms with Crippen LogP contribution in [0, 0.1) is 13.8 Å². The Kier molecular flexibility index (Phi) is 5.96. The van der Waals surface area contributed by atoms with Crippen LogP contribution in [0.25, 0.3) is 0 Å². The third-order valence-corrected chi connectivity index (χ3v) is 4.52. The second-order valence-corrected chi connectivity index (χ2v) is 6.23. The number of para-hydroxylation sites is 2. The monoisotopic (exact) mass is 355 g/mol. The molecule has 138 valence electrons. The average Bonchev–Trinajstić information content (AvgIpc) is 2.66. The highest BCUT2D eigenvalue weighted by atomic mass is 16.5. The summed E-state index contributed by atoms with van der Waals surface area (Å²) in [6.45, 7) is 7.17. The molecule has 0 atom stereocenters. The standard InChI is InChI=1S/C20H25N3O3/c1-15-6-5-9-19(16(15)2)26-14-21-20(24)22-17-7-3-4-8-18(17)23-10-12-25-13-11-23/h3-9H,10-14H2,1-2H3,(H2,21,22,24). The molecule has 2 aromatic rings. The van der Waals surface area contributed by atoms with E-state index in [4.69, 9.17) is 9.47 Å². The van der Waals surface area contributed by atoms with Crippen molar-refractivity contribution < 1.29 is 14.3 Å². The summed E-state index contributed by atoms with van der Waals surface area (Å²) in [4.78, 5) is 14.5. The van der Waals surface area contributed by atoms with E-state index < -0.39 is 0 Å². The molecule has 0 unspecified atom stereocenters. The van der Waals surface area contributed by atoms with Crippen LogP contribution in [-0.2, 0) is 4.74 Å². The second-order valence-electron chi connectivity index (χ2n) is 6.23. The molecule has 2 amide bonds. The molecule has 1 saturated heterocycles. The smallest absolute Gasteiger partial charge is 0.321 e. The molecule has 1 aliphatic heterocycles. The predicted octanol–water partition coefficient (Wildman–Crippen LogP) is 3.30. The molecule has 2 aromatic carbocycles. The summed E-state index contributed by atoms with van der Waals surface area (Å²) in [5.41, 5.74) is 4.01. The van der Waals surface area contributed by atoms with E-state index in [1.54, 1.807) is 0 Å². The van der Waals surface area contributed by atoms with Gasteiger partial charge in [0.05, 0.1) is 24.6 Å². The van der Waals surface area contributed by atoms with Crippen molar-refractivity contribution in [2.24, 2.45) is 0 Å². The van der Waals surface area contributed by atoms with Gasteiger partial charge in [-0.25, -0.2) is 4.79 Å². The summed E-state index contributed by atoms with van der Waals surface area (Å²) in [6, 6.07) is 13.4. The quantitative estimate of drug-likeness (QED) is 0.808. The normalized spacial score (nSPS) is 14.0. The van der Waals surface area contributed by atoms with Crippen LogP contribution in [0.15, 0.2) is 42.5 Å². The fourth-order valence-corrected chi connectivity index (χ4v) is 2.89. The van der Waals surface area contributed by atoms with Gasteiger partial charge in [0, 0.05) is 13.1 Å². The number of anilines is 2. The SMILES string of the molecule is Cc1cccc(OCNC(=O)Nc2ccccc2N2CCOCC2)c1C. The first-order valence-corrected chi connectivity index (χ1v) is 8.81. The Morgan fingerprint density at radius 2 is 1.88 bits per heavy atom. The van der Waals surface area contributed by atoms with E-state index in [1.165, 1.54) is 0 Å². The van der Waals surface area contributed by atoms with Gasteiger partial charge < -0.3 is 25.0 Å². The van der Waals surface area contributed by atoms with Gasteiger partial charge in [0.15, 0.2) is 6.73 Å². The molecule has 0 radical (unpaired) electrons. The molecule has 6 heteroatoms. The van der Waals surface area contributed by atoms with E-state index in [0.717, 1.165) is 41.3 Å². The Balaban J connectivity index is 1.56. The van der Waals surface area contributed by atoms with Crippen LogP contribution in [0.5, 0.6) is 5.75 Å². The number of morpholine rings is 1. The zero-order chi connectivity index (χ0) is 18.4. The summed E-state index contributed by atoms with van der Waals surface area (Å²) < 4.78 is 11.1. The highest BCUT2D eigenvalue weighted by Crippen LogP contribution is 2.26. The molecule has 0 bridgehead atoms. The Hall–Kier alpha value is -2.73. The lowest BCUT2D eigenvalue weighted by molar-refractivity contribution is 0.123. The molecule has 2 N–H and O–H groups in total. The van der Waals surface area contributed by atoms with Crippen molar-refractivity contribution in [3.8, 4) is 5.75 Å². The Morgan fingerprint density at radius 3 is 2.69 bits per heavy atom. The zero-order valence-corrected chi connectivity index (χ0v) is 15.2. The fraction of sp³-hybridized carbons (Fsp3) is 0.350. The van der Waals surface area contributed by atoms with Crippen LogP contribution in [0.3, 0.4) is 0 Å². The van der Waals surface area contributed by atoms with Crippen molar-refractivity contribution in [2.75, 3.05) is 43.3 Å². The molecule has 1 fully saturated rings. The van der Waals surface area contributed by atoms with Crippen molar-refractivity contribution in [2.45, 2.75) is 13.8 Å². The summed E-state index contributed by atoms with van der Waals surface area (Å²) in [6.07, 6.45) is 0. The first kappa shape index (κ1) is 18.1. The van der Waals surface area contributed by atoms with Crippen LogP contribution in [-0.4, -0.2) is 39.1 Å². The van der Waals surface area contributed by atoms with Crippen LogP contribution in [0.1, 0.15) is 11.1 Å². The van der Waals surface area contributed by atoms with Gasteiger partial charge in [0.25, 0.3) is 0 Å². The molecule has 3 rings (SSSR count). The maximum atomic E-state index is 12.2. The van der Waals surface area contributed by atoms with Crippen LogP contribution < -0.4 is 20.3 Å². The van der Waals surface area contributed by atoms with Gasteiger partial charge >= 0.3 is 6.03 Å². The molecule has 0 aliphatic carbocycles. The number of ether oxygens (including phenoxy) is 2. The van der Waals surface area contributed by atoms with Crippen molar-refractivity contribution >= 4 is 17.4 Å². The van der Waals surface area contributed by atoms with Gasteiger partial charge in [-0.3, -0.25) is 0 Å². The van der Waals surface area contributed by atoms with Gasteiger partial charge in [-0.05, 0) is 43.2 Å². The van der Waals surface area contributed by atoms with Crippen molar-refractivity contribution in [1.82, 2.24) is 5.32 Å². The number of benzene rings is 2. The first-order valence-electron chi connectivity index (χ1n) is 8.81. The summed E-state index contributed by atoms with van der Waals surface area (Å²) >= 11 is 0. The minimum absolute atomic E-state index is 0.107. The predicted molar refractivity (Wildman–Crippen MR) is 103 cm³/mol. The summed E-state index contributed by atoms with van der Waals surface area (Å²) in [5, 5.41) is 5.65. The number of nitrogens with zero attached hydrogens (tertiary/aromatic N) is 1. The maximum Gasteiger partial charge on any atom is 0.321 e. The van der Waals surface area contributed by atoms with Crippen molar-refractivity contribution in [1.29, 1.82) is 0 Å². The van der Waals surface area contributed by atoms with Gasteiger partial charge in [0.1, 0.15) is 5.75 Å². The molecule has 0 aromatic heterocycles. The number of amides is 2. The topological polar surface area (TPSA) is 62.8 Å². The Labute approximate surface area is 154 Å². The van der Waals surface area contributed by atoms with Crippen molar-refractivity contribution in [3.63, 3.8) is 0 Å². The van der Waals surface area contributed by atoms with Crippen molar-refractivity contribution in [3.05, 3.63) is 53.6 Å².